The molecule has 0 aliphatic heterocycles. The third kappa shape index (κ3) is 1.98. The number of hydrogen-bond acceptors (Lipinski definition) is 3. The molecule has 96 valence electrons. The molecule has 2 rings (SSSR count). The van der Waals surface area contributed by atoms with Crippen molar-refractivity contribution < 1.29 is 9.84 Å². The smallest absolute Gasteiger partial charge is 0.0882 e. The Morgan fingerprint density at radius 2 is 2.12 bits per heavy atom. The maximum atomic E-state index is 10.7. The van der Waals surface area contributed by atoms with Crippen LogP contribution in [-0.2, 0) is 4.74 Å². The summed E-state index contributed by atoms with van der Waals surface area (Å²) in [6.45, 7) is 2.18. The zero-order valence-corrected chi connectivity index (χ0v) is 10.9. The lowest BCUT2D eigenvalue weighted by atomic mass is 9.54. The lowest BCUT2D eigenvalue weighted by molar-refractivity contribution is -0.191. The molecule has 0 bridgehead atoms. The van der Waals surface area contributed by atoms with Crippen molar-refractivity contribution in [3.05, 3.63) is 0 Å². The monoisotopic (exact) mass is 237 g/mol. The Kier molecular flexibility index (Phi) is 3.47. The van der Waals surface area contributed by atoms with E-state index < -0.39 is 11.0 Å². The van der Waals surface area contributed by atoms with Crippen LogP contribution in [0.5, 0.6) is 0 Å². The molecule has 2 aliphatic rings. The molecule has 2 fully saturated rings. The summed E-state index contributed by atoms with van der Waals surface area (Å²) in [6, 6.07) is 2.46. The number of hydrogen-bond donors (Lipinski definition) is 1. The number of nitriles is 1. The van der Waals surface area contributed by atoms with Gasteiger partial charge in [0.15, 0.2) is 0 Å². The van der Waals surface area contributed by atoms with Gasteiger partial charge in [0.2, 0.25) is 0 Å². The minimum Gasteiger partial charge on any atom is -0.388 e. The first kappa shape index (κ1) is 12.9. The van der Waals surface area contributed by atoms with Crippen molar-refractivity contribution in [2.45, 2.75) is 63.6 Å². The molecule has 0 aromatic carbocycles. The SMILES string of the molecule is CCC1CCCC(C#N)(C2(O)CC(OC)C2)C1. The second-order valence-electron chi connectivity index (χ2n) is 5.86. The van der Waals surface area contributed by atoms with Crippen molar-refractivity contribution >= 4 is 0 Å². The minimum absolute atomic E-state index is 0.146. The number of aliphatic hydroxyl groups is 1. The largest absolute Gasteiger partial charge is 0.388 e. The molecule has 2 saturated carbocycles. The van der Waals surface area contributed by atoms with Gasteiger partial charge in [-0.3, -0.25) is 0 Å². The molecule has 3 heteroatoms. The Labute approximate surface area is 104 Å². The van der Waals surface area contributed by atoms with E-state index >= 15 is 0 Å². The number of nitrogens with zero attached hydrogens (tertiary/aromatic N) is 1. The molecule has 0 spiro atoms. The van der Waals surface area contributed by atoms with Crippen LogP contribution in [0.1, 0.15) is 51.9 Å². The van der Waals surface area contributed by atoms with Gasteiger partial charge in [-0.1, -0.05) is 26.2 Å². The van der Waals surface area contributed by atoms with Crippen molar-refractivity contribution in [3.63, 3.8) is 0 Å². The maximum Gasteiger partial charge on any atom is 0.0882 e. The van der Waals surface area contributed by atoms with Crippen molar-refractivity contribution in [3.8, 4) is 6.07 Å². The zero-order chi connectivity index (χ0) is 12.5. The molecule has 2 unspecified atom stereocenters. The molecule has 2 atom stereocenters. The van der Waals surface area contributed by atoms with Gasteiger partial charge >= 0.3 is 0 Å². The van der Waals surface area contributed by atoms with E-state index in [1.54, 1.807) is 7.11 Å². The fraction of sp³-hybridized carbons (Fsp3) is 0.929. The lowest BCUT2D eigenvalue weighted by Gasteiger charge is -2.54. The van der Waals surface area contributed by atoms with E-state index in [1.807, 2.05) is 0 Å². The molecule has 1 N–H and O–H groups in total. The summed E-state index contributed by atoms with van der Waals surface area (Å²) in [5, 5.41) is 20.3. The van der Waals surface area contributed by atoms with Gasteiger partial charge in [0.05, 0.1) is 23.2 Å². The first-order valence-corrected chi connectivity index (χ1v) is 6.75. The molecule has 0 saturated heterocycles. The van der Waals surface area contributed by atoms with Crippen LogP contribution in [-0.4, -0.2) is 23.9 Å². The number of methoxy groups -OCH3 is 1. The molecule has 17 heavy (non-hydrogen) atoms. The number of ether oxygens (including phenoxy) is 1. The first-order valence-electron chi connectivity index (χ1n) is 6.75. The predicted molar refractivity (Wildman–Crippen MR) is 65.3 cm³/mol. The summed E-state index contributed by atoms with van der Waals surface area (Å²) in [5.41, 5.74) is -1.31. The molecule has 3 nitrogen and oxygen atoms in total. The fourth-order valence-corrected chi connectivity index (χ4v) is 3.62. The highest BCUT2D eigenvalue weighted by molar-refractivity contribution is 5.18. The highest BCUT2D eigenvalue weighted by atomic mass is 16.5. The summed E-state index contributed by atoms with van der Waals surface area (Å²) in [6.07, 6.45) is 6.54. The molecular weight excluding hydrogens is 214 g/mol. The Bertz CT molecular complexity index is 317. The number of rotatable bonds is 3. The normalized spacial score (nSPS) is 46.0. The summed E-state index contributed by atoms with van der Waals surface area (Å²) in [7, 11) is 1.68. The van der Waals surface area contributed by atoms with Crippen LogP contribution in [0, 0.1) is 22.7 Å². The first-order chi connectivity index (χ1) is 8.09. The van der Waals surface area contributed by atoms with Crippen LogP contribution in [0.2, 0.25) is 0 Å². The van der Waals surface area contributed by atoms with E-state index in [-0.39, 0.29) is 6.10 Å². The highest BCUT2D eigenvalue weighted by Gasteiger charge is 2.59. The van der Waals surface area contributed by atoms with Crippen molar-refractivity contribution in [1.29, 1.82) is 5.26 Å². The van der Waals surface area contributed by atoms with Gasteiger partial charge in [-0.25, -0.2) is 0 Å². The van der Waals surface area contributed by atoms with Gasteiger partial charge < -0.3 is 9.84 Å². The maximum absolute atomic E-state index is 10.7. The quantitative estimate of drug-likeness (QED) is 0.821. The molecule has 0 radical (unpaired) electrons. The molecule has 0 aromatic heterocycles. The fourth-order valence-electron chi connectivity index (χ4n) is 3.62. The van der Waals surface area contributed by atoms with Gasteiger partial charge in [0, 0.05) is 20.0 Å². The van der Waals surface area contributed by atoms with E-state index in [1.165, 1.54) is 6.42 Å². The van der Waals surface area contributed by atoms with Gasteiger partial charge in [-0.05, 0) is 18.8 Å². The summed E-state index contributed by atoms with van der Waals surface area (Å²) < 4.78 is 5.25. The standard InChI is InChI=1S/C14H23NO2/c1-3-11-5-4-6-13(7-11,10-15)14(16)8-12(9-14)17-2/h11-12,16H,3-9H2,1-2H3. The van der Waals surface area contributed by atoms with Crippen LogP contribution < -0.4 is 0 Å². The Hall–Kier alpha value is -0.590. The Morgan fingerprint density at radius 1 is 1.41 bits per heavy atom. The van der Waals surface area contributed by atoms with Crippen LogP contribution in [0.15, 0.2) is 0 Å². The van der Waals surface area contributed by atoms with Crippen molar-refractivity contribution in [2.75, 3.05) is 7.11 Å². The second-order valence-corrected chi connectivity index (χ2v) is 5.86. The summed E-state index contributed by atoms with van der Waals surface area (Å²) in [5.74, 6) is 0.606. The van der Waals surface area contributed by atoms with E-state index in [0.29, 0.717) is 18.8 Å². The average molecular weight is 237 g/mol. The van der Waals surface area contributed by atoms with Crippen LogP contribution >= 0.6 is 0 Å². The van der Waals surface area contributed by atoms with Gasteiger partial charge in [-0.15, -0.1) is 0 Å². The molecule has 0 aromatic rings. The minimum atomic E-state index is -0.795. The Balaban J connectivity index is 2.12. The van der Waals surface area contributed by atoms with Gasteiger partial charge in [-0.2, -0.15) is 5.26 Å². The topological polar surface area (TPSA) is 53.2 Å². The third-order valence-corrected chi connectivity index (χ3v) is 5.00. The predicted octanol–water partition coefficient (Wildman–Crippen LogP) is 2.64. The van der Waals surface area contributed by atoms with Crippen LogP contribution in [0.4, 0.5) is 0 Å². The van der Waals surface area contributed by atoms with Gasteiger partial charge in [0.1, 0.15) is 0 Å². The highest BCUT2D eigenvalue weighted by Crippen LogP contribution is 2.55. The summed E-state index contributed by atoms with van der Waals surface area (Å²) >= 11 is 0. The van der Waals surface area contributed by atoms with Gasteiger partial charge in [0.25, 0.3) is 0 Å². The molecule has 2 aliphatic carbocycles. The molecular formula is C14H23NO2. The second kappa shape index (κ2) is 4.59. The zero-order valence-electron chi connectivity index (χ0n) is 10.9. The average Bonchev–Trinajstić information content (AvgIpc) is 2.34. The van der Waals surface area contributed by atoms with E-state index in [4.69, 9.17) is 4.74 Å². The van der Waals surface area contributed by atoms with Crippen LogP contribution in [0.3, 0.4) is 0 Å². The van der Waals surface area contributed by atoms with E-state index in [0.717, 1.165) is 25.7 Å². The van der Waals surface area contributed by atoms with E-state index in [2.05, 4.69) is 13.0 Å². The van der Waals surface area contributed by atoms with Crippen LogP contribution in [0.25, 0.3) is 0 Å². The lowest BCUT2D eigenvalue weighted by Crippen LogP contribution is -2.60. The molecule has 0 heterocycles. The van der Waals surface area contributed by atoms with Crippen molar-refractivity contribution in [2.24, 2.45) is 11.3 Å². The molecule has 0 amide bonds. The Morgan fingerprint density at radius 3 is 2.65 bits per heavy atom. The van der Waals surface area contributed by atoms with E-state index in [9.17, 15) is 10.4 Å². The third-order valence-electron chi connectivity index (χ3n) is 5.00. The summed E-state index contributed by atoms with van der Waals surface area (Å²) in [4.78, 5) is 0. The van der Waals surface area contributed by atoms with Crippen molar-refractivity contribution in [1.82, 2.24) is 0 Å².